The van der Waals surface area contributed by atoms with E-state index >= 15 is 4.39 Å². The highest BCUT2D eigenvalue weighted by atomic mass is 32.1. The summed E-state index contributed by atoms with van der Waals surface area (Å²) < 4.78 is 97.1. The molecule has 5 heterocycles. The Bertz CT molecular complexity index is 3440. The van der Waals surface area contributed by atoms with E-state index in [1.807, 2.05) is 13.0 Å². The van der Waals surface area contributed by atoms with Gasteiger partial charge < -0.3 is 33.9 Å². The molecular weight excluding hydrogens is 1030 g/mol. The van der Waals surface area contributed by atoms with Gasteiger partial charge in [-0.1, -0.05) is 6.07 Å². The molecule has 0 aliphatic carbocycles. The Morgan fingerprint density at radius 1 is 0.853 bits per heavy atom. The number of carbonyl (C=O) groups excluding carboxylic acids is 2. The third kappa shape index (κ3) is 13.3. The number of hydrogen-bond donors (Lipinski definition) is 1. The molecule has 19 nitrogen and oxygen atoms in total. The van der Waals surface area contributed by atoms with Gasteiger partial charge in [0.15, 0.2) is 33.7 Å². The first kappa shape index (κ1) is 57.6. The second kappa shape index (κ2) is 24.2. The monoisotopic (exact) mass is 1080 g/mol. The van der Waals surface area contributed by atoms with Gasteiger partial charge in [-0.3, -0.25) is 28.1 Å². The van der Waals surface area contributed by atoms with Crippen LogP contribution >= 0.6 is 24.4 Å². The van der Waals surface area contributed by atoms with E-state index in [1.54, 1.807) is 26.0 Å². The molecule has 75 heavy (non-hydrogen) atoms. The minimum Gasteiger partial charge on any atom is -0.475 e. The Kier molecular flexibility index (Phi) is 18.6. The molecule has 2 aromatic carbocycles. The highest BCUT2D eigenvalue weighted by Crippen LogP contribution is 2.40. The minimum absolute atomic E-state index is 0.0107. The van der Waals surface area contributed by atoms with Gasteiger partial charge in [0.25, 0.3) is 17.0 Å². The van der Waals surface area contributed by atoms with Crippen molar-refractivity contribution in [3.63, 3.8) is 0 Å². The molecule has 392 valence electrons. The molecule has 1 aliphatic heterocycles. The topological polar surface area (TPSA) is 208 Å². The zero-order valence-electron chi connectivity index (χ0n) is 41.2. The second-order valence-electron chi connectivity index (χ2n) is 16.7. The van der Waals surface area contributed by atoms with Crippen LogP contribution in [0, 0.1) is 36.5 Å². The number of isothiocyanates is 1. The van der Waals surface area contributed by atoms with Crippen LogP contribution in [0.4, 0.5) is 50.4 Å². The van der Waals surface area contributed by atoms with E-state index in [4.69, 9.17) is 43.0 Å². The van der Waals surface area contributed by atoms with Crippen molar-refractivity contribution in [1.29, 1.82) is 5.26 Å². The number of rotatable bonds is 14. The number of methoxy groups -OCH3 is 3. The van der Waals surface area contributed by atoms with Gasteiger partial charge in [0.2, 0.25) is 11.8 Å². The summed E-state index contributed by atoms with van der Waals surface area (Å²) in [5.41, 5.74) is -3.86. The molecule has 1 saturated heterocycles. The Hall–Kier alpha value is -8.26. The van der Waals surface area contributed by atoms with Crippen molar-refractivity contribution in [2.75, 3.05) is 62.9 Å². The quantitative estimate of drug-likeness (QED) is 0.0272. The predicted molar refractivity (Wildman–Crippen MR) is 272 cm³/mol. The summed E-state index contributed by atoms with van der Waals surface area (Å²) in [6.07, 6.45) is -2.28. The number of aliphatic imine (C=N–C) groups is 1. The Morgan fingerprint density at radius 3 is 1.93 bits per heavy atom. The van der Waals surface area contributed by atoms with E-state index in [9.17, 15) is 36.7 Å². The van der Waals surface area contributed by atoms with Gasteiger partial charge in [0, 0.05) is 38.7 Å². The number of esters is 1. The molecule has 1 fully saturated rings. The maximum absolute atomic E-state index is 15.2. The number of halogens is 5. The SMILES string of the molecule is COCCOc1cc(=O)n2cc(N3C(=S)N(c4ccc(C#N)c(C(F)(F)F)c4)C(=O)C3(C)C)cc(F)c2n1.COCCOc1cc(=O)n2cc(NC(C)(C)C(=O)OC)cc(F)c2n1.[C-]#[N+]c1ccc(N=C=S)cc1C. The molecule has 0 unspecified atom stereocenters. The van der Waals surface area contributed by atoms with Crippen molar-refractivity contribution < 1.29 is 55.2 Å². The number of nitrogens with one attached hydrogen (secondary N) is 1. The maximum atomic E-state index is 15.2. The molecule has 0 saturated carbocycles. The third-order valence-electron chi connectivity index (χ3n) is 10.7. The summed E-state index contributed by atoms with van der Waals surface area (Å²) in [4.78, 5) is 67.3. The maximum Gasteiger partial charge on any atom is 0.417 e. The number of alkyl halides is 3. The van der Waals surface area contributed by atoms with Crippen LogP contribution < -0.4 is 35.7 Å². The van der Waals surface area contributed by atoms with Crippen LogP contribution in [-0.2, 0) is 30.0 Å². The van der Waals surface area contributed by atoms with E-state index in [1.165, 1.54) is 58.5 Å². The number of nitrogens with zero attached hydrogens (tertiary/aromatic N) is 9. The molecule has 0 spiro atoms. The average molecular weight is 1080 g/mol. The van der Waals surface area contributed by atoms with Gasteiger partial charge in [-0.05, 0) is 94.9 Å². The van der Waals surface area contributed by atoms with Crippen molar-refractivity contribution in [1.82, 2.24) is 18.8 Å². The summed E-state index contributed by atoms with van der Waals surface area (Å²) in [5.74, 6) is -3.00. The lowest BCUT2D eigenvalue weighted by molar-refractivity contribution is -0.144. The van der Waals surface area contributed by atoms with E-state index in [0.717, 1.165) is 61.4 Å². The molecular formula is C49H45F5N10O9S2. The highest BCUT2D eigenvalue weighted by Gasteiger charge is 2.51. The number of nitriles is 1. The van der Waals surface area contributed by atoms with Crippen molar-refractivity contribution >= 4 is 86.3 Å². The number of amides is 1. The number of benzene rings is 2. The molecule has 0 radical (unpaired) electrons. The Morgan fingerprint density at radius 2 is 1.43 bits per heavy atom. The van der Waals surface area contributed by atoms with Crippen LogP contribution in [0.5, 0.6) is 11.8 Å². The normalized spacial score (nSPS) is 12.9. The van der Waals surface area contributed by atoms with Crippen LogP contribution in [0.25, 0.3) is 16.1 Å². The fourth-order valence-corrected chi connectivity index (χ4v) is 7.71. The Balaban J connectivity index is 0.000000239. The smallest absolute Gasteiger partial charge is 0.417 e. The van der Waals surface area contributed by atoms with Gasteiger partial charge in [-0.2, -0.15) is 33.4 Å². The third-order valence-corrected chi connectivity index (χ3v) is 11.1. The summed E-state index contributed by atoms with van der Waals surface area (Å²) in [6.45, 7) is 15.5. The first-order chi connectivity index (χ1) is 35.4. The lowest BCUT2D eigenvalue weighted by Gasteiger charge is -2.29. The van der Waals surface area contributed by atoms with E-state index in [2.05, 4.69) is 47.2 Å². The number of carbonyl (C=O) groups is 2. The molecule has 7 rings (SSSR count). The molecule has 1 aliphatic rings. The summed E-state index contributed by atoms with van der Waals surface area (Å²) in [5, 5.41) is 13.9. The van der Waals surface area contributed by atoms with Crippen LogP contribution in [0.3, 0.4) is 0 Å². The van der Waals surface area contributed by atoms with E-state index in [-0.39, 0.29) is 65.0 Å². The van der Waals surface area contributed by atoms with Gasteiger partial charge >= 0.3 is 12.1 Å². The summed E-state index contributed by atoms with van der Waals surface area (Å²) in [6, 6.07) is 13.9. The second-order valence-corrected chi connectivity index (χ2v) is 17.3. The largest absolute Gasteiger partial charge is 0.475 e. The van der Waals surface area contributed by atoms with Gasteiger partial charge in [-0.15, -0.1) is 0 Å². The van der Waals surface area contributed by atoms with Gasteiger partial charge in [0.1, 0.15) is 24.3 Å². The number of aromatic nitrogens is 4. The molecule has 6 aromatic rings. The number of fused-ring (bicyclic) bond motifs is 2. The zero-order valence-corrected chi connectivity index (χ0v) is 42.8. The van der Waals surface area contributed by atoms with Crippen molar-refractivity contribution in [2.24, 2.45) is 4.99 Å². The van der Waals surface area contributed by atoms with Gasteiger partial charge in [-0.25, -0.2) is 18.4 Å². The number of anilines is 3. The molecule has 0 atom stereocenters. The fourth-order valence-electron chi connectivity index (χ4n) is 7.08. The van der Waals surface area contributed by atoms with Crippen molar-refractivity contribution in [3.8, 4) is 17.8 Å². The summed E-state index contributed by atoms with van der Waals surface area (Å²) >= 11 is 9.92. The molecule has 4 aromatic heterocycles. The number of thiocarbonyl (C=S) groups is 2. The van der Waals surface area contributed by atoms with Crippen LogP contribution in [0.15, 0.2) is 87.6 Å². The number of ether oxygens (including phenoxy) is 5. The molecule has 1 amide bonds. The molecule has 26 heteroatoms. The number of hydrogen-bond acceptors (Lipinski definition) is 16. The van der Waals surface area contributed by atoms with E-state index in [0.29, 0.717) is 18.4 Å². The van der Waals surface area contributed by atoms with Crippen LogP contribution in [-0.4, -0.2) is 99.8 Å². The lowest BCUT2D eigenvalue weighted by Crippen LogP contribution is -2.44. The van der Waals surface area contributed by atoms with Gasteiger partial charge in [0.05, 0.1) is 84.1 Å². The first-order valence-corrected chi connectivity index (χ1v) is 22.6. The molecule has 0 bridgehead atoms. The number of pyridine rings is 2. The lowest BCUT2D eigenvalue weighted by atomic mass is 10.0. The van der Waals surface area contributed by atoms with Crippen molar-refractivity contribution in [3.05, 3.63) is 134 Å². The van der Waals surface area contributed by atoms with Crippen molar-refractivity contribution in [2.45, 2.75) is 51.9 Å². The fraction of sp³-hybridized carbons (Fsp3) is 0.306. The summed E-state index contributed by atoms with van der Waals surface area (Å²) in [7, 11) is 4.22. The standard InChI is InChI=1S/C24H19F4N5O4S.C16H20FN3O5.C9H6N2S/c1-23(2)21(35)32(14-5-4-13(11-29)16(8-14)24(26,27)28)22(38)33(23)15-9-17(25)20-30-18(37-7-6-36-3)10-19(34)31(20)12-15;1-16(2,15(22)24-4)19-10-7-11(17)14-18-12(25-6-5-23-3)8-13(21)20(14)9-10;1-7-5-8(11-6-12)3-4-9(7)10-2/h4-5,8-10,12H,6-7H2,1-3H3;7-9,19H,5-6H2,1-4H3;3-5H,1H3. The minimum atomic E-state index is -4.86. The highest BCUT2D eigenvalue weighted by molar-refractivity contribution is 7.81. The van der Waals surface area contributed by atoms with Crippen LogP contribution in [0.1, 0.15) is 44.4 Å². The average Bonchev–Trinajstić information content (AvgIpc) is 3.53. The Labute approximate surface area is 435 Å². The molecule has 1 N–H and O–H groups in total. The predicted octanol–water partition coefficient (Wildman–Crippen LogP) is 8.17. The zero-order chi connectivity index (χ0) is 55.6. The first-order valence-electron chi connectivity index (χ1n) is 21.8. The van der Waals surface area contributed by atoms with Crippen LogP contribution in [0.2, 0.25) is 0 Å². The number of aryl methyl sites for hydroxylation is 1. The van der Waals surface area contributed by atoms with E-state index < -0.39 is 63.0 Å².